The van der Waals surface area contributed by atoms with Crippen LogP contribution in [-0.4, -0.2) is 13.9 Å². The number of ether oxygens (including phenoxy) is 1. The second-order valence-corrected chi connectivity index (χ2v) is 4.65. The van der Waals surface area contributed by atoms with Gasteiger partial charge >= 0.3 is 0 Å². The first-order valence-corrected chi connectivity index (χ1v) is 5.44. The Bertz CT molecular complexity index is 402. The van der Waals surface area contributed by atoms with Crippen LogP contribution in [0.5, 0.6) is 5.75 Å². The summed E-state index contributed by atoms with van der Waals surface area (Å²) in [6.07, 6.45) is 0.342. The highest BCUT2D eigenvalue weighted by atomic mass is 32.2. The fraction of sp³-hybridized carbons (Fsp3) is 0.250. The van der Waals surface area contributed by atoms with Crippen LogP contribution in [0.2, 0.25) is 0 Å². The normalized spacial score (nSPS) is 20.8. The summed E-state index contributed by atoms with van der Waals surface area (Å²) in [7, 11) is -3.59. The van der Waals surface area contributed by atoms with E-state index in [4.69, 9.17) is 9.88 Å². The van der Waals surface area contributed by atoms with Crippen molar-refractivity contribution in [2.24, 2.45) is 5.14 Å². The molecule has 0 aromatic heterocycles. The van der Waals surface area contributed by atoms with E-state index in [9.17, 15) is 8.42 Å². The van der Waals surface area contributed by atoms with E-state index in [0.29, 0.717) is 12.2 Å². The Labute approximate surface area is 76.4 Å². The molecule has 0 amide bonds. The van der Waals surface area contributed by atoms with E-state index < -0.39 is 15.5 Å². The molecule has 4 nitrogen and oxygen atoms in total. The monoisotopic (exact) mass is 199 g/mol. The van der Waals surface area contributed by atoms with Gasteiger partial charge in [-0.05, 0) is 11.6 Å². The van der Waals surface area contributed by atoms with Gasteiger partial charge in [-0.15, -0.1) is 0 Å². The van der Waals surface area contributed by atoms with Crippen molar-refractivity contribution in [2.75, 3.05) is 0 Å². The highest BCUT2D eigenvalue weighted by molar-refractivity contribution is 7.89. The summed E-state index contributed by atoms with van der Waals surface area (Å²) in [5.41, 5.74) is -0.0218. The van der Waals surface area contributed by atoms with Gasteiger partial charge in [-0.1, -0.05) is 18.2 Å². The predicted molar refractivity (Wildman–Crippen MR) is 47.7 cm³/mol. The summed E-state index contributed by atoms with van der Waals surface area (Å²) in [5, 5.41) is 4.97. The minimum absolute atomic E-state index is 0.342. The molecule has 2 rings (SSSR count). The van der Waals surface area contributed by atoms with Gasteiger partial charge in [0, 0.05) is 6.42 Å². The predicted octanol–water partition coefficient (Wildman–Crippen LogP) is 0.236. The maximum atomic E-state index is 11.0. The zero-order chi connectivity index (χ0) is 9.47. The van der Waals surface area contributed by atoms with Gasteiger partial charge in [-0.3, -0.25) is 0 Å². The van der Waals surface area contributed by atoms with Gasteiger partial charge in [-0.2, -0.15) is 0 Å². The molecule has 0 fully saturated rings. The molecule has 0 bridgehead atoms. The van der Waals surface area contributed by atoms with Crippen LogP contribution in [0.15, 0.2) is 24.3 Å². The first-order valence-electron chi connectivity index (χ1n) is 3.83. The fourth-order valence-electron chi connectivity index (χ4n) is 1.33. The van der Waals surface area contributed by atoms with Crippen LogP contribution in [0.4, 0.5) is 0 Å². The van der Waals surface area contributed by atoms with Gasteiger partial charge in [-0.25, -0.2) is 13.6 Å². The molecule has 70 valence electrons. The molecule has 13 heavy (non-hydrogen) atoms. The van der Waals surface area contributed by atoms with Crippen molar-refractivity contribution in [3.63, 3.8) is 0 Å². The number of para-hydroxylation sites is 1. The van der Waals surface area contributed by atoms with E-state index in [1.807, 2.05) is 12.1 Å². The van der Waals surface area contributed by atoms with Crippen molar-refractivity contribution in [1.82, 2.24) is 0 Å². The SMILES string of the molecule is NS(=O)(=O)C1Cc2ccccc2O1. The van der Waals surface area contributed by atoms with E-state index in [1.165, 1.54) is 0 Å². The average Bonchev–Trinajstić information content (AvgIpc) is 2.45. The number of fused-ring (bicyclic) bond motifs is 1. The molecule has 2 N–H and O–H groups in total. The number of hydrogen-bond acceptors (Lipinski definition) is 3. The Hall–Kier alpha value is -1.07. The van der Waals surface area contributed by atoms with Gasteiger partial charge in [0.25, 0.3) is 0 Å². The molecule has 1 aromatic carbocycles. The van der Waals surface area contributed by atoms with Crippen LogP contribution in [0.25, 0.3) is 0 Å². The van der Waals surface area contributed by atoms with Crippen molar-refractivity contribution in [3.8, 4) is 5.75 Å². The molecule has 0 saturated carbocycles. The maximum absolute atomic E-state index is 11.0. The summed E-state index contributed by atoms with van der Waals surface area (Å²) < 4.78 is 27.1. The van der Waals surface area contributed by atoms with Crippen LogP contribution in [0.3, 0.4) is 0 Å². The molecule has 0 radical (unpaired) electrons. The van der Waals surface area contributed by atoms with Gasteiger partial charge in [0.2, 0.25) is 15.5 Å². The Morgan fingerprint density at radius 2 is 2.08 bits per heavy atom. The molecule has 1 aliphatic heterocycles. The van der Waals surface area contributed by atoms with Gasteiger partial charge in [0.1, 0.15) is 5.75 Å². The molecule has 1 atom stereocenters. The highest BCUT2D eigenvalue weighted by Gasteiger charge is 2.30. The molecule has 1 aliphatic rings. The summed E-state index contributed by atoms with van der Waals surface area (Å²) in [6.45, 7) is 0. The van der Waals surface area contributed by atoms with Crippen molar-refractivity contribution < 1.29 is 13.2 Å². The number of rotatable bonds is 1. The smallest absolute Gasteiger partial charge is 0.247 e. The third-order valence-electron chi connectivity index (χ3n) is 1.98. The summed E-state index contributed by atoms with van der Waals surface area (Å²) in [6, 6.07) is 7.21. The van der Waals surface area contributed by atoms with E-state index >= 15 is 0 Å². The first kappa shape index (κ1) is 8.52. The topological polar surface area (TPSA) is 69.4 Å². The molecular formula is C8H9NO3S. The number of benzene rings is 1. The lowest BCUT2D eigenvalue weighted by atomic mass is 10.2. The first-order chi connectivity index (χ1) is 6.07. The standard InChI is InChI=1S/C8H9NO3S/c9-13(10,11)8-5-6-3-1-2-4-7(6)12-8/h1-4,8H,5H2,(H2,9,10,11). The second-order valence-electron chi connectivity index (χ2n) is 2.95. The number of nitrogens with two attached hydrogens (primary N) is 1. The Kier molecular flexibility index (Phi) is 1.78. The zero-order valence-electron chi connectivity index (χ0n) is 6.80. The lowest BCUT2D eigenvalue weighted by molar-refractivity contribution is 0.306. The van der Waals surface area contributed by atoms with E-state index in [1.54, 1.807) is 12.1 Å². The van der Waals surface area contributed by atoms with Crippen molar-refractivity contribution in [2.45, 2.75) is 11.9 Å². The maximum Gasteiger partial charge on any atom is 0.247 e. The third-order valence-corrected chi connectivity index (χ3v) is 2.98. The van der Waals surface area contributed by atoms with E-state index in [-0.39, 0.29) is 0 Å². The third kappa shape index (κ3) is 1.52. The van der Waals surface area contributed by atoms with Crippen LogP contribution >= 0.6 is 0 Å². The minimum atomic E-state index is -3.59. The molecule has 1 unspecified atom stereocenters. The largest absolute Gasteiger partial charge is 0.472 e. The molecule has 0 aliphatic carbocycles. The van der Waals surface area contributed by atoms with Gasteiger partial charge in [0.15, 0.2) is 0 Å². The van der Waals surface area contributed by atoms with Crippen molar-refractivity contribution >= 4 is 10.0 Å². The van der Waals surface area contributed by atoms with Crippen LogP contribution < -0.4 is 9.88 Å². The average molecular weight is 199 g/mol. The summed E-state index contributed by atoms with van der Waals surface area (Å²) >= 11 is 0. The van der Waals surface area contributed by atoms with E-state index in [0.717, 1.165) is 5.56 Å². The number of hydrogen-bond donors (Lipinski definition) is 1. The van der Waals surface area contributed by atoms with Crippen molar-refractivity contribution in [3.05, 3.63) is 29.8 Å². The summed E-state index contributed by atoms with van der Waals surface area (Å²) in [4.78, 5) is 0. The molecule has 0 spiro atoms. The molecule has 1 heterocycles. The Morgan fingerprint density at radius 1 is 1.38 bits per heavy atom. The molecule has 0 saturated heterocycles. The van der Waals surface area contributed by atoms with E-state index in [2.05, 4.69) is 0 Å². The summed E-state index contributed by atoms with van der Waals surface area (Å²) in [5.74, 6) is 0.613. The van der Waals surface area contributed by atoms with Crippen LogP contribution in [-0.2, 0) is 16.4 Å². The van der Waals surface area contributed by atoms with Gasteiger partial charge < -0.3 is 4.74 Å². The van der Waals surface area contributed by atoms with Crippen molar-refractivity contribution in [1.29, 1.82) is 0 Å². The second kappa shape index (κ2) is 2.71. The lowest BCUT2D eigenvalue weighted by Crippen LogP contribution is -2.31. The van der Waals surface area contributed by atoms with Gasteiger partial charge in [0.05, 0.1) is 0 Å². The fourth-order valence-corrected chi connectivity index (χ4v) is 1.98. The molecule has 1 aromatic rings. The minimum Gasteiger partial charge on any atom is -0.472 e. The Morgan fingerprint density at radius 3 is 2.69 bits per heavy atom. The molecular weight excluding hydrogens is 190 g/mol. The highest BCUT2D eigenvalue weighted by Crippen LogP contribution is 2.29. The van der Waals surface area contributed by atoms with Crippen LogP contribution in [0, 0.1) is 0 Å². The van der Waals surface area contributed by atoms with Crippen LogP contribution in [0.1, 0.15) is 5.56 Å². The zero-order valence-corrected chi connectivity index (χ0v) is 7.62. The molecule has 5 heteroatoms. The quantitative estimate of drug-likeness (QED) is 0.704. The number of primary sulfonamides is 1. The Balaban J connectivity index is 2.33. The number of sulfonamides is 1. The lowest BCUT2D eigenvalue weighted by Gasteiger charge is -2.06.